The van der Waals surface area contributed by atoms with E-state index in [1.54, 1.807) is 17.4 Å². The summed E-state index contributed by atoms with van der Waals surface area (Å²) in [5.41, 5.74) is 1.76. The number of piperazine rings is 1. The van der Waals surface area contributed by atoms with E-state index in [9.17, 15) is 4.39 Å². The molecule has 1 atom stereocenters. The zero-order valence-electron chi connectivity index (χ0n) is 11.6. The van der Waals surface area contributed by atoms with Crippen LogP contribution in [0.2, 0.25) is 0 Å². The van der Waals surface area contributed by atoms with Crippen molar-refractivity contribution in [2.75, 3.05) is 26.2 Å². The Labute approximate surface area is 123 Å². The molecule has 2 nitrogen and oxygen atoms in total. The van der Waals surface area contributed by atoms with E-state index in [2.05, 4.69) is 33.8 Å². The van der Waals surface area contributed by atoms with Gasteiger partial charge in [0, 0.05) is 31.1 Å². The maximum Gasteiger partial charge on any atom is 0.126 e. The first-order valence-corrected chi connectivity index (χ1v) is 7.88. The van der Waals surface area contributed by atoms with E-state index in [1.807, 2.05) is 13.0 Å². The Hall–Kier alpha value is -1.23. The van der Waals surface area contributed by atoms with Gasteiger partial charge in [0.15, 0.2) is 0 Å². The van der Waals surface area contributed by atoms with Gasteiger partial charge in [-0.2, -0.15) is 0 Å². The number of hydrogen-bond acceptors (Lipinski definition) is 3. The lowest BCUT2D eigenvalue weighted by Gasteiger charge is -2.34. The Morgan fingerprint density at radius 1 is 1.25 bits per heavy atom. The molecule has 1 fully saturated rings. The second-order valence-electron chi connectivity index (χ2n) is 5.21. The van der Waals surface area contributed by atoms with Crippen molar-refractivity contribution < 1.29 is 4.39 Å². The Bertz CT molecular complexity index is 562. The molecule has 1 aromatic heterocycles. The molecule has 4 heteroatoms. The van der Waals surface area contributed by atoms with Gasteiger partial charge in [0.05, 0.1) is 6.04 Å². The zero-order valence-corrected chi connectivity index (χ0v) is 12.4. The van der Waals surface area contributed by atoms with Crippen LogP contribution in [0.1, 0.15) is 22.0 Å². The number of rotatable bonds is 3. The lowest BCUT2D eigenvalue weighted by molar-refractivity contribution is 0.200. The fourth-order valence-corrected chi connectivity index (χ4v) is 3.61. The first kappa shape index (κ1) is 13.7. The van der Waals surface area contributed by atoms with Gasteiger partial charge in [-0.05, 0) is 35.6 Å². The van der Waals surface area contributed by atoms with Crippen molar-refractivity contribution in [1.29, 1.82) is 0 Å². The van der Waals surface area contributed by atoms with Crippen LogP contribution in [0.5, 0.6) is 0 Å². The monoisotopic (exact) mass is 290 g/mol. The summed E-state index contributed by atoms with van der Waals surface area (Å²) in [7, 11) is 0. The quantitative estimate of drug-likeness (QED) is 0.934. The summed E-state index contributed by atoms with van der Waals surface area (Å²) in [6.07, 6.45) is 0. The summed E-state index contributed by atoms with van der Waals surface area (Å²) in [5.74, 6) is -0.112. The predicted octanol–water partition coefficient (Wildman–Crippen LogP) is 3.19. The van der Waals surface area contributed by atoms with E-state index in [0.29, 0.717) is 5.56 Å². The van der Waals surface area contributed by atoms with Crippen molar-refractivity contribution in [3.8, 4) is 0 Å². The molecular weight excluding hydrogens is 271 g/mol. The highest BCUT2D eigenvalue weighted by molar-refractivity contribution is 7.10. The summed E-state index contributed by atoms with van der Waals surface area (Å²) in [6.45, 7) is 5.80. The van der Waals surface area contributed by atoms with Gasteiger partial charge < -0.3 is 5.32 Å². The number of thiophene rings is 1. The molecule has 0 unspecified atom stereocenters. The third-order valence-electron chi connectivity index (χ3n) is 3.84. The average Bonchev–Trinajstić information content (AvgIpc) is 2.98. The normalized spacial score (nSPS) is 18.1. The van der Waals surface area contributed by atoms with Gasteiger partial charge in [-0.1, -0.05) is 18.2 Å². The third kappa shape index (κ3) is 2.77. The lowest BCUT2D eigenvalue weighted by atomic mass is 10.0. The van der Waals surface area contributed by atoms with E-state index in [-0.39, 0.29) is 11.9 Å². The Balaban J connectivity index is 1.98. The molecule has 2 aromatic rings. The molecule has 0 amide bonds. The Morgan fingerprint density at radius 3 is 2.70 bits per heavy atom. The summed E-state index contributed by atoms with van der Waals surface area (Å²) in [5, 5.41) is 5.47. The van der Waals surface area contributed by atoms with Gasteiger partial charge in [-0.3, -0.25) is 4.90 Å². The van der Waals surface area contributed by atoms with Crippen molar-refractivity contribution in [2.45, 2.75) is 13.0 Å². The van der Waals surface area contributed by atoms with Gasteiger partial charge in [0.1, 0.15) is 5.82 Å². The van der Waals surface area contributed by atoms with Crippen LogP contribution in [0, 0.1) is 12.7 Å². The molecule has 20 heavy (non-hydrogen) atoms. The second kappa shape index (κ2) is 6.04. The molecule has 1 aliphatic heterocycles. The van der Waals surface area contributed by atoms with Crippen LogP contribution < -0.4 is 5.32 Å². The molecule has 1 aliphatic rings. The van der Waals surface area contributed by atoms with Gasteiger partial charge in [-0.15, -0.1) is 11.3 Å². The standard InChI is InChI=1S/C16H19FN2S/c1-12-4-5-13(11-14(12)17)16(15-3-2-10-20-15)19-8-6-18-7-9-19/h2-5,10-11,16,18H,6-9H2,1H3/t16-/m0/s1. The van der Waals surface area contributed by atoms with E-state index in [1.165, 1.54) is 4.88 Å². The largest absolute Gasteiger partial charge is 0.314 e. The Morgan fingerprint density at radius 2 is 2.05 bits per heavy atom. The summed E-state index contributed by atoms with van der Waals surface area (Å²) >= 11 is 1.75. The molecule has 0 radical (unpaired) electrons. The van der Waals surface area contributed by atoms with Crippen LogP contribution in [0.15, 0.2) is 35.7 Å². The molecule has 0 bridgehead atoms. The first-order chi connectivity index (χ1) is 9.75. The second-order valence-corrected chi connectivity index (χ2v) is 6.19. The van der Waals surface area contributed by atoms with Crippen molar-refractivity contribution in [3.63, 3.8) is 0 Å². The van der Waals surface area contributed by atoms with E-state index >= 15 is 0 Å². The van der Waals surface area contributed by atoms with Gasteiger partial charge in [-0.25, -0.2) is 4.39 Å². The summed E-state index contributed by atoms with van der Waals surface area (Å²) < 4.78 is 13.9. The van der Waals surface area contributed by atoms with Crippen LogP contribution in [0.25, 0.3) is 0 Å². The van der Waals surface area contributed by atoms with Crippen LogP contribution in [0.3, 0.4) is 0 Å². The molecule has 1 aromatic carbocycles. The minimum absolute atomic E-state index is 0.112. The van der Waals surface area contributed by atoms with E-state index in [4.69, 9.17) is 0 Å². The van der Waals surface area contributed by atoms with Crippen LogP contribution in [-0.4, -0.2) is 31.1 Å². The highest BCUT2D eigenvalue weighted by Gasteiger charge is 2.25. The topological polar surface area (TPSA) is 15.3 Å². The molecule has 0 saturated carbocycles. The SMILES string of the molecule is Cc1ccc([C@@H](c2cccs2)N2CCNCC2)cc1F. The van der Waals surface area contributed by atoms with Crippen molar-refractivity contribution >= 4 is 11.3 Å². The first-order valence-electron chi connectivity index (χ1n) is 7.00. The van der Waals surface area contributed by atoms with Gasteiger partial charge in [0.2, 0.25) is 0 Å². The molecule has 1 saturated heterocycles. The lowest BCUT2D eigenvalue weighted by Crippen LogP contribution is -2.45. The molecule has 3 rings (SSSR count). The minimum Gasteiger partial charge on any atom is -0.314 e. The van der Waals surface area contributed by atoms with Crippen LogP contribution in [-0.2, 0) is 0 Å². The molecular formula is C16H19FN2S. The van der Waals surface area contributed by atoms with Crippen molar-refractivity contribution in [2.24, 2.45) is 0 Å². The van der Waals surface area contributed by atoms with E-state index in [0.717, 1.165) is 31.7 Å². The van der Waals surface area contributed by atoms with Crippen molar-refractivity contribution in [3.05, 3.63) is 57.5 Å². The fourth-order valence-electron chi connectivity index (χ4n) is 2.72. The molecule has 0 aliphatic carbocycles. The molecule has 106 valence electrons. The number of aryl methyl sites for hydroxylation is 1. The van der Waals surface area contributed by atoms with E-state index < -0.39 is 0 Å². The minimum atomic E-state index is -0.112. The summed E-state index contributed by atoms with van der Waals surface area (Å²) in [4.78, 5) is 3.72. The molecule has 0 spiro atoms. The average molecular weight is 290 g/mol. The highest BCUT2D eigenvalue weighted by Crippen LogP contribution is 2.32. The maximum absolute atomic E-state index is 13.9. The van der Waals surface area contributed by atoms with Gasteiger partial charge in [0.25, 0.3) is 0 Å². The molecule has 1 N–H and O–H groups in total. The van der Waals surface area contributed by atoms with Gasteiger partial charge >= 0.3 is 0 Å². The summed E-state index contributed by atoms with van der Waals surface area (Å²) in [6, 6.07) is 10.0. The van der Waals surface area contributed by atoms with Crippen LogP contribution in [0.4, 0.5) is 4.39 Å². The van der Waals surface area contributed by atoms with Crippen LogP contribution >= 0.6 is 11.3 Å². The predicted molar refractivity (Wildman–Crippen MR) is 81.7 cm³/mol. The maximum atomic E-state index is 13.9. The third-order valence-corrected chi connectivity index (χ3v) is 4.77. The highest BCUT2D eigenvalue weighted by atomic mass is 32.1. The number of hydrogen-bond donors (Lipinski definition) is 1. The smallest absolute Gasteiger partial charge is 0.126 e. The number of halogens is 1. The Kier molecular flexibility index (Phi) is 4.15. The number of benzene rings is 1. The number of nitrogens with zero attached hydrogens (tertiary/aromatic N) is 1. The zero-order chi connectivity index (χ0) is 13.9. The fraction of sp³-hybridized carbons (Fsp3) is 0.375. The van der Waals surface area contributed by atoms with Crippen molar-refractivity contribution in [1.82, 2.24) is 10.2 Å². The molecule has 2 heterocycles. The number of nitrogens with one attached hydrogen (secondary N) is 1.